The smallest absolute Gasteiger partial charge is 0.326 e. The summed E-state index contributed by atoms with van der Waals surface area (Å²) in [5, 5.41) is 14.5. The molecule has 0 aliphatic carbocycles. The molecular formula is C11H23N3O3. The van der Waals surface area contributed by atoms with Crippen LogP contribution in [-0.2, 0) is 4.79 Å². The number of urea groups is 1. The number of carboxylic acid groups (broad SMARTS) is 1. The molecule has 0 aromatic heterocycles. The molecule has 0 aliphatic heterocycles. The molecular weight excluding hydrogens is 222 g/mol. The molecule has 0 saturated heterocycles. The maximum atomic E-state index is 11.7. The Kier molecular flexibility index (Phi) is 7.29. The van der Waals surface area contributed by atoms with Gasteiger partial charge >= 0.3 is 12.0 Å². The van der Waals surface area contributed by atoms with Crippen molar-refractivity contribution in [2.75, 3.05) is 27.2 Å². The summed E-state index contributed by atoms with van der Waals surface area (Å²) in [5.74, 6) is -1.08. The number of likely N-dealkylation sites (N-methyl/N-ethyl adjacent to an activating group) is 2. The Morgan fingerprint density at radius 2 is 2.00 bits per heavy atom. The van der Waals surface area contributed by atoms with Crippen LogP contribution in [0, 0.1) is 5.92 Å². The largest absolute Gasteiger partial charge is 0.480 e. The topological polar surface area (TPSA) is 81.7 Å². The summed E-state index contributed by atoms with van der Waals surface area (Å²) in [6, 6.07) is -1.18. The molecule has 0 saturated carbocycles. The van der Waals surface area contributed by atoms with Crippen LogP contribution in [0.5, 0.6) is 0 Å². The van der Waals surface area contributed by atoms with Crippen LogP contribution in [0.15, 0.2) is 0 Å². The zero-order valence-corrected chi connectivity index (χ0v) is 11.0. The molecule has 2 atom stereocenters. The van der Waals surface area contributed by atoms with E-state index in [4.69, 9.17) is 5.11 Å². The molecule has 0 spiro atoms. The molecule has 0 heterocycles. The molecule has 0 bridgehead atoms. The second-order valence-corrected chi connectivity index (χ2v) is 4.18. The Labute approximate surface area is 102 Å². The number of carbonyl (C=O) groups excluding carboxylic acids is 1. The number of nitrogens with one attached hydrogen (secondary N) is 2. The first kappa shape index (κ1) is 15.7. The van der Waals surface area contributed by atoms with Crippen LogP contribution in [0.25, 0.3) is 0 Å². The Morgan fingerprint density at radius 3 is 2.41 bits per heavy atom. The third-order valence-corrected chi connectivity index (χ3v) is 2.80. The average molecular weight is 245 g/mol. The molecule has 0 aliphatic rings. The summed E-state index contributed by atoms with van der Waals surface area (Å²) < 4.78 is 0. The van der Waals surface area contributed by atoms with E-state index >= 15 is 0 Å². The lowest BCUT2D eigenvalue weighted by atomic mass is 9.99. The van der Waals surface area contributed by atoms with Gasteiger partial charge in [0.2, 0.25) is 0 Å². The van der Waals surface area contributed by atoms with Crippen LogP contribution < -0.4 is 10.6 Å². The normalized spacial score (nSPS) is 13.9. The number of carboxylic acids is 1. The molecule has 0 rings (SSSR count). The van der Waals surface area contributed by atoms with E-state index in [1.165, 1.54) is 4.90 Å². The highest BCUT2D eigenvalue weighted by atomic mass is 16.4. The van der Waals surface area contributed by atoms with Crippen LogP contribution in [0.1, 0.15) is 20.3 Å². The third kappa shape index (κ3) is 5.53. The molecule has 0 fully saturated rings. The van der Waals surface area contributed by atoms with Crippen molar-refractivity contribution < 1.29 is 14.7 Å². The summed E-state index contributed by atoms with van der Waals surface area (Å²) in [6.07, 6.45) is 0.706. The molecule has 0 aromatic rings. The minimum absolute atomic E-state index is 0.0887. The fourth-order valence-electron chi connectivity index (χ4n) is 1.31. The van der Waals surface area contributed by atoms with Crippen LogP contribution in [0.3, 0.4) is 0 Å². The average Bonchev–Trinajstić information content (AvgIpc) is 2.31. The zero-order chi connectivity index (χ0) is 13.4. The van der Waals surface area contributed by atoms with Gasteiger partial charge in [0, 0.05) is 20.1 Å². The maximum absolute atomic E-state index is 11.7. The number of carbonyl (C=O) groups is 2. The van der Waals surface area contributed by atoms with Gasteiger partial charge < -0.3 is 20.6 Å². The first-order valence-corrected chi connectivity index (χ1v) is 5.83. The quantitative estimate of drug-likeness (QED) is 0.604. The zero-order valence-electron chi connectivity index (χ0n) is 11.0. The van der Waals surface area contributed by atoms with Crippen molar-refractivity contribution in [1.29, 1.82) is 0 Å². The van der Waals surface area contributed by atoms with Crippen LogP contribution in [-0.4, -0.2) is 55.2 Å². The predicted octanol–water partition coefficient (Wildman–Crippen LogP) is 0.347. The maximum Gasteiger partial charge on any atom is 0.326 e. The van der Waals surface area contributed by atoms with Crippen molar-refractivity contribution in [1.82, 2.24) is 15.5 Å². The highest BCUT2D eigenvalue weighted by molar-refractivity contribution is 5.82. The Bertz CT molecular complexity index is 258. The first-order chi connectivity index (χ1) is 7.93. The second kappa shape index (κ2) is 7.89. The van der Waals surface area contributed by atoms with Gasteiger partial charge in [-0.2, -0.15) is 0 Å². The SMILES string of the molecule is CCC(C)[C@H](NC(=O)N(C)CCNC)C(=O)O. The van der Waals surface area contributed by atoms with Crippen LogP contribution >= 0.6 is 0 Å². The van der Waals surface area contributed by atoms with E-state index in [1.807, 2.05) is 13.8 Å². The molecule has 100 valence electrons. The minimum Gasteiger partial charge on any atom is -0.480 e. The van der Waals surface area contributed by atoms with Gasteiger partial charge in [-0.15, -0.1) is 0 Å². The van der Waals surface area contributed by atoms with E-state index in [1.54, 1.807) is 14.1 Å². The molecule has 1 unspecified atom stereocenters. The molecule has 3 N–H and O–H groups in total. The van der Waals surface area contributed by atoms with E-state index in [0.29, 0.717) is 19.5 Å². The summed E-state index contributed by atoms with van der Waals surface area (Å²) in [6.45, 7) is 4.92. The number of nitrogens with zero attached hydrogens (tertiary/aromatic N) is 1. The number of rotatable bonds is 7. The van der Waals surface area contributed by atoms with Crippen molar-refractivity contribution in [3.8, 4) is 0 Å². The number of amides is 2. The number of aliphatic carboxylic acids is 1. The Hall–Kier alpha value is -1.30. The lowest BCUT2D eigenvalue weighted by molar-refractivity contribution is -0.140. The van der Waals surface area contributed by atoms with Crippen molar-refractivity contribution >= 4 is 12.0 Å². The second-order valence-electron chi connectivity index (χ2n) is 4.18. The minimum atomic E-state index is -0.991. The highest BCUT2D eigenvalue weighted by Gasteiger charge is 2.26. The first-order valence-electron chi connectivity index (χ1n) is 5.83. The van der Waals surface area contributed by atoms with Gasteiger partial charge in [-0.3, -0.25) is 0 Å². The molecule has 17 heavy (non-hydrogen) atoms. The molecule has 0 aromatic carbocycles. The van der Waals surface area contributed by atoms with Gasteiger partial charge in [-0.25, -0.2) is 9.59 Å². The van der Waals surface area contributed by atoms with Crippen molar-refractivity contribution in [2.45, 2.75) is 26.3 Å². The number of hydrogen-bond donors (Lipinski definition) is 3. The van der Waals surface area contributed by atoms with E-state index in [9.17, 15) is 9.59 Å². The lowest BCUT2D eigenvalue weighted by Crippen LogP contribution is -2.50. The summed E-state index contributed by atoms with van der Waals surface area (Å²) in [7, 11) is 3.44. The van der Waals surface area contributed by atoms with Crippen molar-refractivity contribution in [2.24, 2.45) is 5.92 Å². The van der Waals surface area contributed by atoms with Gasteiger partial charge in [0.1, 0.15) is 6.04 Å². The lowest BCUT2D eigenvalue weighted by Gasteiger charge is -2.24. The van der Waals surface area contributed by atoms with Crippen molar-refractivity contribution in [3.05, 3.63) is 0 Å². The van der Waals surface area contributed by atoms with E-state index in [-0.39, 0.29) is 11.9 Å². The van der Waals surface area contributed by atoms with Crippen LogP contribution in [0.4, 0.5) is 4.79 Å². The summed E-state index contributed by atoms with van der Waals surface area (Å²) in [5.41, 5.74) is 0. The van der Waals surface area contributed by atoms with Gasteiger partial charge in [0.15, 0.2) is 0 Å². The molecule has 6 nitrogen and oxygen atoms in total. The summed E-state index contributed by atoms with van der Waals surface area (Å²) in [4.78, 5) is 24.2. The fraction of sp³-hybridized carbons (Fsp3) is 0.818. The van der Waals surface area contributed by atoms with Gasteiger partial charge in [0.25, 0.3) is 0 Å². The van der Waals surface area contributed by atoms with E-state index in [0.717, 1.165) is 0 Å². The third-order valence-electron chi connectivity index (χ3n) is 2.80. The molecule has 2 amide bonds. The molecule has 6 heteroatoms. The Balaban J connectivity index is 4.35. The highest BCUT2D eigenvalue weighted by Crippen LogP contribution is 2.08. The van der Waals surface area contributed by atoms with Gasteiger partial charge in [-0.05, 0) is 13.0 Å². The summed E-state index contributed by atoms with van der Waals surface area (Å²) >= 11 is 0. The van der Waals surface area contributed by atoms with E-state index < -0.39 is 12.0 Å². The Morgan fingerprint density at radius 1 is 1.41 bits per heavy atom. The predicted molar refractivity (Wildman–Crippen MR) is 66.0 cm³/mol. The standard InChI is InChI=1S/C11H23N3O3/c1-5-8(2)9(10(15)16)13-11(17)14(4)7-6-12-3/h8-9,12H,5-7H2,1-4H3,(H,13,17)(H,15,16)/t8?,9-/m0/s1. The van der Waals surface area contributed by atoms with E-state index in [2.05, 4.69) is 10.6 Å². The fourth-order valence-corrected chi connectivity index (χ4v) is 1.31. The number of hydrogen-bond acceptors (Lipinski definition) is 3. The van der Waals surface area contributed by atoms with Crippen molar-refractivity contribution in [3.63, 3.8) is 0 Å². The van der Waals surface area contributed by atoms with Gasteiger partial charge in [-0.1, -0.05) is 20.3 Å². The monoisotopic (exact) mass is 245 g/mol. The molecule has 0 radical (unpaired) electrons. The van der Waals surface area contributed by atoms with Crippen LogP contribution in [0.2, 0.25) is 0 Å². The van der Waals surface area contributed by atoms with Gasteiger partial charge in [0.05, 0.1) is 0 Å².